The van der Waals surface area contributed by atoms with Crippen molar-refractivity contribution < 1.29 is 5.11 Å². The molecule has 1 heteroatoms. The van der Waals surface area contributed by atoms with Crippen LogP contribution in [0.25, 0.3) is 0 Å². The molecule has 1 aliphatic rings. The number of hydrogen-bond donors (Lipinski definition) is 1. The van der Waals surface area contributed by atoms with E-state index in [0.29, 0.717) is 5.92 Å². The van der Waals surface area contributed by atoms with Crippen molar-refractivity contribution >= 4 is 0 Å². The first-order chi connectivity index (χ1) is 7.41. The summed E-state index contributed by atoms with van der Waals surface area (Å²) in [6.45, 7) is 6.77. The summed E-state index contributed by atoms with van der Waals surface area (Å²) >= 11 is 0. The van der Waals surface area contributed by atoms with Gasteiger partial charge in [0.1, 0.15) is 0 Å². The molecule has 0 unspecified atom stereocenters. The van der Waals surface area contributed by atoms with Gasteiger partial charge < -0.3 is 5.11 Å². The lowest BCUT2D eigenvalue weighted by Gasteiger charge is -2.45. The molecule has 0 saturated heterocycles. The van der Waals surface area contributed by atoms with Gasteiger partial charge in [-0.2, -0.15) is 0 Å². The standard InChI is InChI=1S/C15H22O/c1-12-9-14(2,3)11-15(16,10-12)13-7-5-4-6-8-13/h4-8,12,16H,9-11H2,1-3H3/t12-,15+/m1/s1. The van der Waals surface area contributed by atoms with Gasteiger partial charge >= 0.3 is 0 Å². The maximum absolute atomic E-state index is 10.8. The molecule has 16 heavy (non-hydrogen) atoms. The third-order valence-corrected chi connectivity index (χ3v) is 3.67. The van der Waals surface area contributed by atoms with Gasteiger partial charge in [-0.05, 0) is 36.2 Å². The van der Waals surface area contributed by atoms with Gasteiger partial charge in [0, 0.05) is 0 Å². The van der Waals surface area contributed by atoms with Gasteiger partial charge in [-0.15, -0.1) is 0 Å². The molecule has 0 heterocycles. The van der Waals surface area contributed by atoms with Crippen molar-refractivity contribution in [2.24, 2.45) is 11.3 Å². The second kappa shape index (κ2) is 3.89. The quantitative estimate of drug-likeness (QED) is 0.761. The fourth-order valence-corrected chi connectivity index (χ4v) is 3.50. The lowest BCUT2D eigenvalue weighted by atomic mass is 9.64. The molecule has 2 rings (SSSR count). The molecule has 0 bridgehead atoms. The first-order valence-electron chi connectivity index (χ1n) is 6.19. The fraction of sp³-hybridized carbons (Fsp3) is 0.600. The van der Waals surface area contributed by atoms with Crippen LogP contribution in [-0.4, -0.2) is 5.11 Å². The number of rotatable bonds is 1. The van der Waals surface area contributed by atoms with Crippen molar-refractivity contribution in [1.29, 1.82) is 0 Å². The molecule has 0 spiro atoms. The van der Waals surface area contributed by atoms with Crippen molar-refractivity contribution in [3.8, 4) is 0 Å². The van der Waals surface area contributed by atoms with Crippen molar-refractivity contribution in [2.75, 3.05) is 0 Å². The van der Waals surface area contributed by atoms with Gasteiger partial charge in [-0.3, -0.25) is 0 Å². The topological polar surface area (TPSA) is 20.2 Å². The van der Waals surface area contributed by atoms with Crippen LogP contribution in [0.4, 0.5) is 0 Å². The van der Waals surface area contributed by atoms with E-state index in [1.54, 1.807) is 0 Å². The van der Waals surface area contributed by atoms with Crippen LogP contribution < -0.4 is 0 Å². The molecule has 1 N–H and O–H groups in total. The molecule has 1 saturated carbocycles. The third-order valence-electron chi connectivity index (χ3n) is 3.67. The maximum Gasteiger partial charge on any atom is 0.0904 e. The fourth-order valence-electron chi connectivity index (χ4n) is 3.50. The van der Waals surface area contributed by atoms with Crippen LogP contribution in [-0.2, 0) is 5.60 Å². The summed E-state index contributed by atoms with van der Waals surface area (Å²) in [5, 5.41) is 10.8. The van der Waals surface area contributed by atoms with Crippen LogP contribution in [0.2, 0.25) is 0 Å². The van der Waals surface area contributed by atoms with Crippen LogP contribution in [0.3, 0.4) is 0 Å². The predicted molar refractivity (Wildman–Crippen MR) is 67.1 cm³/mol. The van der Waals surface area contributed by atoms with Crippen LogP contribution in [0, 0.1) is 11.3 Å². The smallest absolute Gasteiger partial charge is 0.0904 e. The lowest BCUT2D eigenvalue weighted by Crippen LogP contribution is -2.39. The van der Waals surface area contributed by atoms with Crippen LogP contribution in [0.1, 0.15) is 45.6 Å². The van der Waals surface area contributed by atoms with Gasteiger partial charge in [0.2, 0.25) is 0 Å². The van der Waals surface area contributed by atoms with E-state index in [9.17, 15) is 5.11 Å². The third kappa shape index (κ3) is 2.30. The SMILES string of the molecule is C[C@@H]1CC(C)(C)C[C@](O)(c2ccccc2)C1. The molecular weight excluding hydrogens is 196 g/mol. The van der Waals surface area contributed by atoms with Crippen molar-refractivity contribution in [1.82, 2.24) is 0 Å². The van der Waals surface area contributed by atoms with Gasteiger partial charge in [0.15, 0.2) is 0 Å². The van der Waals surface area contributed by atoms with E-state index in [1.807, 2.05) is 30.3 Å². The zero-order chi connectivity index (χ0) is 11.8. The Morgan fingerprint density at radius 2 is 1.75 bits per heavy atom. The predicted octanol–water partition coefficient (Wildman–Crippen LogP) is 3.72. The first-order valence-corrected chi connectivity index (χ1v) is 6.19. The van der Waals surface area contributed by atoms with Gasteiger partial charge in [0.25, 0.3) is 0 Å². The maximum atomic E-state index is 10.8. The van der Waals surface area contributed by atoms with Gasteiger partial charge in [-0.1, -0.05) is 51.1 Å². The average Bonchev–Trinajstić information content (AvgIpc) is 2.15. The molecule has 88 valence electrons. The minimum absolute atomic E-state index is 0.238. The summed E-state index contributed by atoms with van der Waals surface area (Å²) in [4.78, 5) is 0. The summed E-state index contributed by atoms with van der Waals surface area (Å²) in [7, 11) is 0. The highest BCUT2D eigenvalue weighted by Gasteiger charge is 2.42. The Hall–Kier alpha value is -0.820. The van der Waals surface area contributed by atoms with Crippen molar-refractivity contribution in [3.63, 3.8) is 0 Å². The highest BCUT2D eigenvalue weighted by atomic mass is 16.3. The van der Waals surface area contributed by atoms with Gasteiger partial charge in [-0.25, -0.2) is 0 Å². The molecule has 1 nitrogen and oxygen atoms in total. The number of hydrogen-bond acceptors (Lipinski definition) is 1. The zero-order valence-corrected chi connectivity index (χ0v) is 10.5. The van der Waals surface area contributed by atoms with Crippen molar-refractivity contribution in [2.45, 2.75) is 45.6 Å². The summed E-state index contributed by atoms with van der Waals surface area (Å²) in [6, 6.07) is 10.1. The Labute approximate surface area is 98.5 Å². The average molecular weight is 218 g/mol. The molecule has 0 aliphatic heterocycles. The van der Waals surface area contributed by atoms with Crippen LogP contribution in [0.5, 0.6) is 0 Å². The molecule has 1 aliphatic carbocycles. The zero-order valence-electron chi connectivity index (χ0n) is 10.5. The summed E-state index contributed by atoms with van der Waals surface area (Å²) in [6.07, 6.45) is 2.97. The first kappa shape index (κ1) is 11.7. The van der Waals surface area contributed by atoms with Crippen LogP contribution >= 0.6 is 0 Å². The van der Waals surface area contributed by atoms with Crippen molar-refractivity contribution in [3.05, 3.63) is 35.9 Å². The Bertz CT molecular complexity index is 355. The Balaban J connectivity index is 2.31. The largest absolute Gasteiger partial charge is 0.385 e. The second-order valence-electron chi connectivity index (χ2n) is 6.25. The molecule has 0 amide bonds. The second-order valence-corrected chi connectivity index (χ2v) is 6.25. The molecule has 1 fully saturated rings. The molecule has 2 atom stereocenters. The van der Waals surface area contributed by atoms with Gasteiger partial charge in [0.05, 0.1) is 5.60 Å². The number of aliphatic hydroxyl groups is 1. The van der Waals surface area contributed by atoms with E-state index >= 15 is 0 Å². The van der Waals surface area contributed by atoms with E-state index in [1.165, 1.54) is 6.42 Å². The van der Waals surface area contributed by atoms with E-state index in [-0.39, 0.29) is 5.41 Å². The Morgan fingerprint density at radius 3 is 2.31 bits per heavy atom. The minimum Gasteiger partial charge on any atom is -0.385 e. The van der Waals surface area contributed by atoms with E-state index in [4.69, 9.17) is 0 Å². The normalized spacial score (nSPS) is 33.6. The van der Waals surface area contributed by atoms with E-state index < -0.39 is 5.60 Å². The monoisotopic (exact) mass is 218 g/mol. The molecule has 0 aromatic heterocycles. The Morgan fingerprint density at radius 1 is 1.12 bits per heavy atom. The minimum atomic E-state index is -0.623. The summed E-state index contributed by atoms with van der Waals surface area (Å²) in [5.41, 5.74) is 0.694. The molecule has 1 aromatic rings. The van der Waals surface area contributed by atoms with Crippen LogP contribution in [0.15, 0.2) is 30.3 Å². The van der Waals surface area contributed by atoms with E-state index in [2.05, 4.69) is 20.8 Å². The number of benzene rings is 1. The molecular formula is C15H22O. The summed E-state index contributed by atoms with van der Waals surface area (Å²) in [5.74, 6) is 0.592. The highest BCUT2D eigenvalue weighted by Crippen LogP contribution is 2.48. The molecule has 1 aromatic carbocycles. The van der Waals surface area contributed by atoms with E-state index in [0.717, 1.165) is 18.4 Å². The summed E-state index contributed by atoms with van der Waals surface area (Å²) < 4.78 is 0. The highest BCUT2D eigenvalue weighted by molar-refractivity contribution is 5.23. The lowest BCUT2D eigenvalue weighted by molar-refractivity contribution is -0.0635. The Kier molecular flexibility index (Phi) is 2.83. The molecule has 0 radical (unpaired) electrons.